The molecule has 7 aromatic rings. The highest BCUT2D eigenvalue weighted by Gasteiger charge is 2.47. The Labute approximate surface area is 273 Å². The summed E-state index contributed by atoms with van der Waals surface area (Å²) < 4.78 is 0. The summed E-state index contributed by atoms with van der Waals surface area (Å²) >= 11 is 1.89. The summed E-state index contributed by atoms with van der Waals surface area (Å²) in [5, 5.41) is 5.29. The average molecular weight is 603 g/mol. The van der Waals surface area contributed by atoms with E-state index in [0.29, 0.717) is 0 Å². The van der Waals surface area contributed by atoms with Crippen LogP contribution in [-0.4, -0.2) is 0 Å². The van der Waals surface area contributed by atoms with Crippen LogP contribution >= 0.6 is 11.8 Å². The van der Waals surface area contributed by atoms with Crippen molar-refractivity contribution in [3.05, 3.63) is 186 Å². The number of allylic oxidation sites excluding steroid dienone is 4. The van der Waals surface area contributed by atoms with E-state index in [1.54, 1.807) is 0 Å². The average Bonchev–Trinajstić information content (AvgIpc) is 3.41. The van der Waals surface area contributed by atoms with Gasteiger partial charge < -0.3 is 0 Å². The molecule has 46 heavy (non-hydrogen) atoms. The zero-order valence-electron chi connectivity index (χ0n) is 25.3. The molecule has 2 aliphatic carbocycles. The summed E-state index contributed by atoms with van der Waals surface area (Å²) in [5.41, 5.74) is 13.2. The third-order valence-corrected chi connectivity index (χ3v) is 11.6. The quantitative estimate of drug-likeness (QED) is 0.194. The van der Waals surface area contributed by atoms with Gasteiger partial charge in [0.15, 0.2) is 0 Å². The molecule has 0 saturated heterocycles. The van der Waals surface area contributed by atoms with E-state index in [2.05, 4.69) is 158 Å². The first-order valence-corrected chi connectivity index (χ1v) is 17.1. The van der Waals surface area contributed by atoms with Crippen LogP contribution in [0.1, 0.15) is 35.1 Å². The standard InChI is InChI=1S/C45H30S/c1-2-13-32(14-3-1)45(40-19-8-6-15-35(40)39-27-30-11-4-5-12-31(30)28-41(39)45)33-23-21-29(22-24-33)34-25-26-43-44-37(34)17-10-18-38(44)36-16-7-9-20-42(36)46-43/h1-5,7-14,16-28H,6,15H2. The van der Waals surface area contributed by atoms with Gasteiger partial charge in [0.2, 0.25) is 0 Å². The van der Waals surface area contributed by atoms with Crippen LogP contribution in [0, 0.1) is 0 Å². The van der Waals surface area contributed by atoms with Crippen LogP contribution in [0.25, 0.3) is 49.4 Å². The van der Waals surface area contributed by atoms with E-state index >= 15 is 0 Å². The van der Waals surface area contributed by atoms with Gasteiger partial charge in [0, 0.05) is 15.2 Å². The van der Waals surface area contributed by atoms with Gasteiger partial charge >= 0.3 is 0 Å². The molecule has 1 aliphatic heterocycles. The highest BCUT2D eigenvalue weighted by molar-refractivity contribution is 7.99. The van der Waals surface area contributed by atoms with Gasteiger partial charge in [0.25, 0.3) is 0 Å². The monoisotopic (exact) mass is 602 g/mol. The van der Waals surface area contributed by atoms with Crippen molar-refractivity contribution in [1.29, 1.82) is 0 Å². The number of hydrogen-bond acceptors (Lipinski definition) is 1. The lowest BCUT2D eigenvalue weighted by Crippen LogP contribution is -2.29. The van der Waals surface area contributed by atoms with E-state index in [9.17, 15) is 0 Å². The molecule has 0 amide bonds. The lowest BCUT2D eigenvalue weighted by molar-refractivity contribution is 0.758. The Morgan fingerprint density at radius 2 is 1.26 bits per heavy atom. The maximum absolute atomic E-state index is 2.47. The first-order valence-electron chi connectivity index (χ1n) is 16.2. The molecule has 1 heterocycles. The van der Waals surface area contributed by atoms with Crippen LogP contribution < -0.4 is 0 Å². The van der Waals surface area contributed by atoms with Gasteiger partial charge in [-0.2, -0.15) is 0 Å². The molecular formula is C45H30S. The van der Waals surface area contributed by atoms with Crippen molar-refractivity contribution < 1.29 is 0 Å². The van der Waals surface area contributed by atoms with E-state index in [-0.39, 0.29) is 5.41 Å². The smallest absolute Gasteiger partial charge is 0.0710 e. The summed E-state index contributed by atoms with van der Waals surface area (Å²) in [5.74, 6) is 0. The lowest BCUT2D eigenvalue weighted by Gasteiger charge is -2.35. The van der Waals surface area contributed by atoms with Crippen LogP contribution in [0.3, 0.4) is 0 Å². The Morgan fingerprint density at radius 1 is 0.522 bits per heavy atom. The largest absolute Gasteiger partial charge is 0.0888 e. The molecular weight excluding hydrogens is 573 g/mol. The molecule has 7 aromatic carbocycles. The summed E-state index contributed by atoms with van der Waals surface area (Å²) in [6, 6.07) is 54.7. The third-order valence-electron chi connectivity index (χ3n) is 10.4. The van der Waals surface area contributed by atoms with Crippen molar-refractivity contribution in [3.8, 4) is 22.3 Å². The summed E-state index contributed by atoms with van der Waals surface area (Å²) in [7, 11) is 0. The Kier molecular flexibility index (Phi) is 5.65. The molecule has 0 N–H and O–H groups in total. The molecule has 1 heteroatoms. The fourth-order valence-corrected chi connectivity index (χ4v) is 9.58. The minimum atomic E-state index is -0.369. The van der Waals surface area contributed by atoms with Crippen molar-refractivity contribution >= 4 is 38.9 Å². The minimum absolute atomic E-state index is 0.369. The topological polar surface area (TPSA) is 0 Å². The third kappa shape index (κ3) is 3.58. The predicted molar refractivity (Wildman–Crippen MR) is 195 cm³/mol. The summed E-state index contributed by atoms with van der Waals surface area (Å²) in [6.45, 7) is 0. The van der Waals surface area contributed by atoms with E-state index in [4.69, 9.17) is 0 Å². The van der Waals surface area contributed by atoms with Crippen molar-refractivity contribution in [2.75, 3.05) is 0 Å². The van der Waals surface area contributed by atoms with Crippen molar-refractivity contribution in [1.82, 2.24) is 0 Å². The zero-order valence-corrected chi connectivity index (χ0v) is 26.2. The van der Waals surface area contributed by atoms with E-state index in [1.807, 2.05) is 11.8 Å². The molecule has 0 aromatic heterocycles. The number of fused-ring (bicyclic) bond motifs is 5. The van der Waals surface area contributed by atoms with Crippen LogP contribution in [0.2, 0.25) is 0 Å². The van der Waals surface area contributed by atoms with E-state index < -0.39 is 0 Å². The normalized spacial score (nSPS) is 17.7. The molecule has 1 atom stereocenters. The van der Waals surface area contributed by atoms with E-state index in [1.165, 1.54) is 87.0 Å². The number of hydrogen-bond donors (Lipinski definition) is 0. The molecule has 0 nitrogen and oxygen atoms in total. The maximum Gasteiger partial charge on any atom is 0.0710 e. The summed E-state index contributed by atoms with van der Waals surface area (Å²) in [6.07, 6.45) is 6.96. The molecule has 3 aliphatic rings. The highest BCUT2D eigenvalue weighted by Crippen LogP contribution is 2.58. The molecule has 0 saturated carbocycles. The van der Waals surface area contributed by atoms with Crippen LogP contribution in [0.5, 0.6) is 0 Å². The van der Waals surface area contributed by atoms with Gasteiger partial charge in [-0.15, -0.1) is 0 Å². The molecule has 0 fully saturated rings. The van der Waals surface area contributed by atoms with Gasteiger partial charge in [0.05, 0.1) is 5.41 Å². The predicted octanol–water partition coefficient (Wildman–Crippen LogP) is 12.2. The van der Waals surface area contributed by atoms with Gasteiger partial charge in [-0.05, 0) is 109 Å². The molecule has 0 radical (unpaired) electrons. The highest BCUT2D eigenvalue weighted by atomic mass is 32.2. The first-order chi connectivity index (χ1) is 22.8. The van der Waals surface area contributed by atoms with Crippen LogP contribution in [0.4, 0.5) is 0 Å². The second-order valence-corrected chi connectivity index (χ2v) is 13.8. The van der Waals surface area contributed by atoms with Gasteiger partial charge in [-0.3, -0.25) is 0 Å². The SMILES string of the molecule is C1=CC2=C(CC1)c1cc3ccccc3cc1C2(c1ccccc1)c1ccc(-c2ccc3c4c(cccc24)-c2ccccc2S3)cc1. The van der Waals surface area contributed by atoms with Gasteiger partial charge in [0.1, 0.15) is 0 Å². The minimum Gasteiger partial charge on any atom is -0.0888 e. The molecule has 216 valence electrons. The fraction of sp³-hybridized carbons (Fsp3) is 0.0667. The van der Waals surface area contributed by atoms with Crippen molar-refractivity contribution in [3.63, 3.8) is 0 Å². The first kappa shape index (κ1) is 26.1. The molecule has 0 spiro atoms. The Bertz CT molecular complexity index is 2430. The van der Waals surface area contributed by atoms with Crippen LogP contribution in [-0.2, 0) is 5.41 Å². The Morgan fingerprint density at radius 3 is 2.13 bits per heavy atom. The Balaban J connectivity index is 1.19. The lowest BCUT2D eigenvalue weighted by atomic mass is 9.66. The second-order valence-electron chi connectivity index (χ2n) is 12.7. The number of rotatable bonds is 3. The van der Waals surface area contributed by atoms with E-state index in [0.717, 1.165) is 12.8 Å². The molecule has 10 rings (SSSR count). The summed E-state index contributed by atoms with van der Waals surface area (Å²) in [4.78, 5) is 2.67. The van der Waals surface area contributed by atoms with Gasteiger partial charge in [-0.25, -0.2) is 0 Å². The fourth-order valence-electron chi connectivity index (χ4n) is 8.45. The van der Waals surface area contributed by atoms with Crippen molar-refractivity contribution in [2.24, 2.45) is 0 Å². The zero-order chi connectivity index (χ0) is 30.2. The maximum atomic E-state index is 2.47. The Hall–Kier alpha value is -5.11. The van der Waals surface area contributed by atoms with Crippen molar-refractivity contribution in [2.45, 2.75) is 28.0 Å². The number of benzene rings is 7. The second kappa shape index (κ2) is 9.94. The molecule has 1 unspecified atom stereocenters. The van der Waals surface area contributed by atoms with Crippen LogP contribution in [0.15, 0.2) is 173 Å². The van der Waals surface area contributed by atoms with Gasteiger partial charge in [-0.1, -0.05) is 145 Å². The molecule has 0 bridgehead atoms.